The van der Waals surface area contributed by atoms with Crippen molar-refractivity contribution in [1.82, 2.24) is 9.13 Å². The molecule has 0 aliphatic carbocycles. The van der Waals surface area contributed by atoms with E-state index in [-0.39, 0.29) is 11.1 Å². The molecule has 2 unspecified atom stereocenters. The number of benzene rings is 2. The number of hydrogen-bond donors (Lipinski definition) is 2. The largest absolute Gasteiger partial charge is 0.394 e. The van der Waals surface area contributed by atoms with Crippen LogP contribution in [0.5, 0.6) is 0 Å². The van der Waals surface area contributed by atoms with Gasteiger partial charge in [0.25, 0.3) is 11.5 Å². The third-order valence-electron chi connectivity index (χ3n) is 5.66. The minimum atomic E-state index is -1.32. The van der Waals surface area contributed by atoms with Gasteiger partial charge in [-0.2, -0.15) is 4.57 Å². The standard InChI is InChI=1S/C24H22N2O8/c1-33-20-19(29)17(13-27)34-23(20)25-12-16(18(28)14-8-4-2-5-9-14)22(31)26(24(25)32)21(30)15-10-6-3-7-11-15/h2-12,17,19-20,23,27,29H,13H2,1H3/t17-,19?,20?,23-/m0/s1. The summed E-state index contributed by atoms with van der Waals surface area (Å²) in [6.07, 6.45) is -3.82. The zero-order valence-corrected chi connectivity index (χ0v) is 18.1. The number of rotatable bonds is 6. The monoisotopic (exact) mass is 466 g/mol. The van der Waals surface area contributed by atoms with Gasteiger partial charge in [0.2, 0.25) is 0 Å². The number of ether oxygens (including phenoxy) is 2. The molecule has 4 rings (SSSR count). The molecule has 1 fully saturated rings. The van der Waals surface area contributed by atoms with E-state index in [4.69, 9.17) is 9.47 Å². The molecular formula is C24H22N2O8. The highest BCUT2D eigenvalue weighted by Crippen LogP contribution is 2.30. The summed E-state index contributed by atoms with van der Waals surface area (Å²) in [5.41, 5.74) is -2.39. The van der Waals surface area contributed by atoms with Gasteiger partial charge in [0.15, 0.2) is 12.0 Å². The van der Waals surface area contributed by atoms with Gasteiger partial charge in [0.05, 0.1) is 6.61 Å². The first-order valence-electron chi connectivity index (χ1n) is 10.4. The summed E-state index contributed by atoms with van der Waals surface area (Å²) in [5.74, 6) is -1.64. The summed E-state index contributed by atoms with van der Waals surface area (Å²) in [6, 6.07) is 15.6. The molecule has 4 atom stereocenters. The molecule has 2 heterocycles. The van der Waals surface area contributed by atoms with Crippen molar-refractivity contribution in [3.63, 3.8) is 0 Å². The minimum Gasteiger partial charge on any atom is -0.394 e. The van der Waals surface area contributed by atoms with Crippen molar-refractivity contribution < 1.29 is 29.3 Å². The SMILES string of the molecule is COC1C(O)[C@H](CO)O[C@@H]1n1cc(C(=O)c2ccccc2)c(=O)n(C(=O)c2ccccc2)c1=O. The molecule has 34 heavy (non-hydrogen) atoms. The van der Waals surface area contributed by atoms with E-state index in [9.17, 15) is 29.4 Å². The van der Waals surface area contributed by atoms with E-state index < -0.39 is 59.6 Å². The van der Waals surface area contributed by atoms with Crippen LogP contribution in [0, 0.1) is 0 Å². The van der Waals surface area contributed by atoms with Crippen LogP contribution in [0.4, 0.5) is 0 Å². The number of aliphatic hydroxyl groups is 2. The van der Waals surface area contributed by atoms with E-state index in [0.29, 0.717) is 4.57 Å². The predicted molar refractivity (Wildman–Crippen MR) is 119 cm³/mol. The Bertz CT molecular complexity index is 1320. The van der Waals surface area contributed by atoms with Crippen molar-refractivity contribution in [2.24, 2.45) is 0 Å². The van der Waals surface area contributed by atoms with Crippen molar-refractivity contribution in [2.75, 3.05) is 13.7 Å². The molecule has 0 radical (unpaired) electrons. The Kier molecular flexibility index (Phi) is 6.66. The molecule has 10 nitrogen and oxygen atoms in total. The maximum Gasteiger partial charge on any atom is 0.340 e. The van der Waals surface area contributed by atoms with Crippen LogP contribution in [0.1, 0.15) is 32.5 Å². The summed E-state index contributed by atoms with van der Waals surface area (Å²) in [7, 11) is 1.27. The molecule has 10 heteroatoms. The molecule has 3 aromatic rings. The molecule has 176 valence electrons. The summed E-state index contributed by atoms with van der Waals surface area (Å²) < 4.78 is 12.1. The van der Waals surface area contributed by atoms with E-state index in [1.807, 2.05) is 0 Å². The van der Waals surface area contributed by atoms with Gasteiger partial charge in [0.1, 0.15) is 23.9 Å². The Labute approximate surface area is 193 Å². The van der Waals surface area contributed by atoms with Crippen LogP contribution in [-0.4, -0.2) is 63.1 Å². The van der Waals surface area contributed by atoms with E-state index in [1.165, 1.54) is 31.4 Å². The second-order valence-corrected chi connectivity index (χ2v) is 7.68. The highest BCUT2D eigenvalue weighted by Gasteiger charge is 2.45. The van der Waals surface area contributed by atoms with Crippen molar-refractivity contribution in [1.29, 1.82) is 0 Å². The number of aliphatic hydroxyl groups excluding tert-OH is 2. The molecule has 0 bridgehead atoms. The van der Waals surface area contributed by atoms with Gasteiger partial charge in [-0.25, -0.2) is 4.79 Å². The molecule has 1 saturated heterocycles. The average Bonchev–Trinajstić information content (AvgIpc) is 3.19. The fourth-order valence-corrected chi connectivity index (χ4v) is 3.89. The zero-order valence-electron chi connectivity index (χ0n) is 18.1. The van der Waals surface area contributed by atoms with Crippen LogP contribution in [0.15, 0.2) is 76.4 Å². The Morgan fingerprint density at radius 3 is 2.15 bits per heavy atom. The number of hydrogen-bond acceptors (Lipinski definition) is 8. The fourth-order valence-electron chi connectivity index (χ4n) is 3.89. The smallest absolute Gasteiger partial charge is 0.340 e. The van der Waals surface area contributed by atoms with Crippen LogP contribution in [0.25, 0.3) is 0 Å². The molecule has 2 aromatic carbocycles. The van der Waals surface area contributed by atoms with Crippen molar-refractivity contribution in [3.05, 3.63) is 104 Å². The van der Waals surface area contributed by atoms with Gasteiger partial charge in [0, 0.05) is 24.4 Å². The number of carbonyl (C=O) groups is 2. The van der Waals surface area contributed by atoms with Crippen molar-refractivity contribution >= 4 is 11.7 Å². The van der Waals surface area contributed by atoms with Crippen LogP contribution in [-0.2, 0) is 9.47 Å². The van der Waals surface area contributed by atoms with Gasteiger partial charge >= 0.3 is 5.69 Å². The first-order valence-corrected chi connectivity index (χ1v) is 10.4. The molecule has 1 aliphatic heterocycles. The third kappa shape index (κ3) is 4.03. The molecule has 1 aromatic heterocycles. The van der Waals surface area contributed by atoms with Gasteiger partial charge in [-0.1, -0.05) is 48.5 Å². The summed E-state index contributed by atoms with van der Waals surface area (Å²) in [4.78, 5) is 53.0. The van der Waals surface area contributed by atoms with Crippen LogP contribution in [0.3, 0.4) is 0 Å². The van der Waals surface area contributed by atoms with E-state index in [1.54, 1.807) is 36.4 Å². The lowest BCUT2D eigenvalue weighted by atomic mass is 10.1. The fraction of sp³-hybridized carbons (Fsp3) is 0.250. The highest BCUT2D eigenvalue weighted by atomic mass is 16.6. The van der Waals surface area contributed by atoms with Crippen LogP contribution >= 0.6 is 0 Å². The van der Waals surface area contributed by atoms with Gasteiger partial charge in [-0.05, 0) is 12.1 Å². The Hall–Kier alpha value is -3.70. The number of methoxy groups -OCH3 is 1. The normalized spacial score (nSPS) is 22.0. The number of ketones is 1. The maximum atomic E-state index is 13.4. The number of aromatic nitrogens is 2. The van der Waals surface area contributed by atoms with Gasteiger partial charge in [-0.3, -0.25) is 19.0 Å². The van der Waals surface area contributed by atoms with E-state index in [0.717, 1.165) is 10.8 Å². The summed E-state index contributed by atoms with van der Waals surface area (Å²) in [5, 5.41) is 19.9. The van der Waals surface area contributed by atoms with Gasteiger partial charge in [-0.15, -0.1) is 0 Å². The molecule has 0 saturated carbocycles. The van der Waals surface area contributed by atoms with Crippen LogP contribution < -0.4 is 11.2 Å². The number of nitrogens with zero attached hydrogens (tertiary/aromatic N) is 2. The van der Waals surface area contributed by atoms with Gasteiger partial charge < -0.3 is 19.7 Å². The van der Waals surface area contributed by atoms with Crippen molar-refractivity contribution in [3.8, 4) is 0 Å². The third-order valence-corrected chi connectivity index (χ3v) is 5.66. The summed E-state index contributed by atoms with van der Waals surface area (Å²) in [6.45, 7) is -0.565. The molecule has 1 aliphatic rings. The first-order chi connectivity index (χ1) is 16.4. The Morgan fingerprint density at radius 1 is 1.00 bits per heavy atom. The molecule has 2 N–H and O–H groups in total. The molecule has 0 amide bonds. The van der Waals surface area contributed by atoms with E-state index >= 15 is 0 Å². The Morgan fingerprint density at radius 2 is 1.59 bits per heavy atom. The zero-order chi connectivity index (χ0) is 24.4. The maximum absolute atomic E-state index is 13.4. The quantitative estimate of drug-likeness (QED) is 0.492. The van der Waals surface area contributed by atoms with E-state index in [2.05, 4.69) is 0 Å². The second kappa shape index (κ2) is 9.65. The average molecular weight is 466 g/mol. The minimum absolute atomic E-state index is 0.0569. The predicted octanol–water partition coefficient (Wildman–Crippen LogP) is 0.195. The number of carbonyl (C=O) groups excluding carboxylic acids is 2. The van der Waals surface area contributed by atoms with Crippen molar-refractivity contribution in [2.45, 2.75) is 24.5 Å². The van der Waals surface area contributed by atoms with Crippen LogP contribution in [0.2, 0.25) is 0 Å². The lowest BCUT2D eigenvalue weighted by Crippen LogP contribution is -2.48. The second-order valence-electron chi connectivity index (χ2n) is 7.68. The highest BCUT2D eigenvalue weighted by molar-refractivity contribution is 6.09. The topological polar surface area (TPSA) is 137 Å². The molecular weight excluding hydrogens is 444 g/mol. The first kappa shape index (κ1) is 23.5. The Balaban J connectivity index is 1.95. The lowest BCUT2D eigenvalue weighted by molar-refractivity contribution is -0.0629. The lowest BCUT2D eigenvalue weighted by Gasteiger charge is -2.22. The summed E-state index contributed by atoms with van der Waals surface area (Å²) >= 11 is 0. The molecule has 0 spiro atoms.